The molecular formula is C11H15NO3. The predicted octanol–water partition coefficient (Wildman–Crippen LogP) is 1.26. The lowest BCUT2D eigenvalue weighted by Crippen LogP contribution is -2.12. The predicted molar refractivity (Wildman–Crippen MR) is 56.6 cm³/mol. The van der Waals surface area contributed by atoms with Crippen LogP contribution in [0.3, 0.4) is 0 Å². The molecule has 1 atom stereocenters. The molecule has 0 saturated heterocycles. The number of rotatable bonds is 4. The lowest BCUT2D eigenvalue weighted by molar-refractivity contribution is -0.142. The SMILES string of the molecule is COC(=O)COc1ccc([C@@H](C)N)cc1. The molecule has 0 aliphatic heterocycles. The minimum Gasteiger partial charge on any atom is -0.482 e. The van der Waals surface area contributed by atoms with Crippen LogP contribution in [0.25, 0.3) is 0 Å². The number of benzene rings is 1. The summed E-state index contributed by atoms with van der Waals surface area (Å²) in [5, 5.41) is 0. The Hall–Kier alpha value is -1.55. The number of hydrogen-bond acceptors (Lipinski definition) is 4. The summed E-state index contributed by atoms with van der Waals surface area (Å²) in [6, 6.07) is 7.30. The van der Waals surface area contributed by atoms with Gasteiger partial charge in [0.2, 0.25) is 0 Å². The molecular weight excluding hydrogens is 194 g/mol. The van der Waals surface area contributed by atoms with Crippen molar-refractivity contribution in [2.75, 3.05) is 13.7 Å². The monoisotopic (exact) mass is 209 g/mol. The Bertz CT molecular complexity index is 319. The molecule has 0 aromatic heterocycles. The largest absolute Gasteiger partial charge is 0.482 e. The molecule has 0 unspecified atom stereocenters. The van der Waals surface area contributed by atoms with Crippen LogP contribution in [0.2, 0.25) is 0 Å². The molecule has 1 aromatic carbocycles. The first-order valence-electron chi connectivity index (χ1n) is 4.68. The van der Waals surface area contributed by atoms with Crippen LogP contribution in [-0.4, -0.2) is 19.7 Å². The molecule has 0 saturated carbocycles. The van der Waals surface area contributed by atoms with Crippen LogP contribution < -0.4 is 10.5 Å². The zero-order valence-electron chi connectivity index (χ0n) is 8.90. The van der Waals surface area contributed by atoms with Crippen LogP contribution in [0.1, 0.15) is 18.5 Å². The van der Waals surface area contributed by atoms with Gasteiger partial charge in [-0.3, -0.25) is 0 Å². The van der Waals surface area contributed by atoms with E-state index in [0.29, 0.717) is 5.75 Å². The molecule has 0 amide bonds. The molecule has 82 valence electrons. The van der Waals surface area contributed by atoms with Gasteiger partial charge in [0.25, 0.3) is 0 Å². The zero-order valence-corrected chi connectivity index (χ0v) is 8.90. The minimum atomic E-state index is -0.397. The Kier molecular flexibility index (Phi) is 4.12. The standard InChI is InChI=1S/C11H15NO3/c1-8(12)9-3-5-10(6-4-9)15-7-11(13)14-2/h3-6,8H,7,12H2,1-2H3/t8-/m1/s1. The molecule has 1 rings (SSSR count). The molecule has 0 fully saturated rings. The summed E-state index contributed by atoms with van der Waals surface area (Å²) in [4.78, 5) is 10.8. The van der Waals surface area contributed by atoms with E-state index in [9.17, 15) is 4.79 Å². The number of hydrogen-bond donors (Lipinski definition) is 1. The summed E-state index contributed by atoms with van der Waals surface area (Å²) in [5.74, 6) is 0.232. The first-order valence-corrected chi connectivity index (χ1v) is 4.68. The van der Waals surface area contributed by atoms with Crippen molar-refractivity contribution >= 4 is 5.97 Å². The summed E-state index contributed by atoms with van der Waals surface area (Å²) in [6.45, 7) is 1.83. The van der Waals surface area contributed by atoms with E-state index in [-0.39, 0.29) is 12.6 Å². The van der Waals surface area contributed by atoms with E-state index >= 15 is 0 Å². The third-order valence-electron chi connectivity index (χ3n) is 1.99. The van der Waals surface area contributed by atoms with Crippen LogP contribution in [0.5, 0.6) is 5.75 Å². The fourth-order valence-electron chi connectivity index (χ4n) is 1.07. The first-order chi connectivity index (χ1) is 7.13. The van der Waals surface area contributed by atoms with Crippen LogP contribution >= 0.6 is 0 Å². The minimum absolute atomic E-state index is 0.000318. The van der Waals surface area contributed by atoms with Crippen LogP contribution in [0, 0.1) is 0 Å². The van der Waals surface area contributed by atoms with Crippen molar-refractivity contribution in [3.63, 3.8) is 0 Å². The number of nitrogens with two attached hydrogens (primary N) is 1. The fourth-order valence-corrected chi connectivity index (χ4v) is 1.07. The summed E-state index contributed by atoms with van der Waals surface area (Å²) < 4.78 is 9.63. The highest BCUT2D eigenvalue weighted by molar-refractivity contribution is 5.70. The van der Waals surface area contributed by atoms with Crippen molar-refractivity contribution in [1.29, 1.82) is 0 Å². The van der Waals surface area contributed by atoms with Crippen molar-refractivity contribution in [2.24, 2.45) is 5.73 Å². The van der Waals surface area contributed by atoms with E-state index in [4.69, 9.17) is 10.5 Å². The maximum absolute atomic E-state index is 10.8. The van der Waals surface area contributed by atoms with E-state index in [0.717, 1.165) is 5.56 Å². The van der Waals surface area contributed by atoms with Gasteiger partial charge in [0.15, 0.2) is 6.61 Å². The van der Waals surface area contributed by atoms with Gasteiger partial charge >= 0.3 is 5.97 Å². The number of ether oxygens (including phenoxy) is 2. The zero-order chi connectivity index (χ0) is 11.3. The maximum atomic E-state index is 10.8. The molecule has 4 nitrogen and oxygen atoms in total. The summed E-state index contributed by atoms with van der Waals surface area (Å²) in [6.07, 6.45) is 0. The second-order valence-corrected chi connectivity index (χ2v) is 3.22. The fraction of sp³-hybridized carbons (Fsp3) is 0.364. The van der Waals surface area contributed by atoms with Gasteiger partial charge in [-0.15, -0.1) is 0 Å². The number of carbonyl (C=O) groups is 1. The van der Waals surface area contributed by atoms with Gasteiger partial charge in [0.05, 0.1) is 7.11 Å². The topological polar surface area (TPSA) is 61.5 Å². The van der Waals surface area contributed by atoms with E-state index in [1.807, 2.05) is 19.1 Å². The smallest absolute Gasteiger partial charge is 0.343 e. The van der Waals surface area contributed by atoms with Crippen molar-refractivity contribution in [3.8, 4) is 5.75 Å². The molecule has 1 aromatic rings. The molecule has 2 N–H and O–H groups in total. The molecule has 0 heterocycles. The highest BCUT2D eigenvalue weighted by Gasteiger charge is 2.02. The van der Waals surface area contributed by atoms with Crippen LogP contribution in [0.15, 0.2) is 24.3 Å². The van der Waals surface area contributed by atoms with Crippen molar-refractivity contribution in [2.45, 2.75) is 13.0 Å². The number of carbonyl (C=O) groups excluding carboxylic acids is 1. The summed E-state index contributed by atoms with van der Waals surface area (Å²) in [7, 11) is 1.32. The summed E-state index contributed by atoms with van der Waals surface area (Å²) >= 11 is 0. The second-order valence-electron chi connectivity index (χ2n) is 3.22. The van der Waals surface area contributed by atoms with E-state index < -0.39 is 5.97 Å². The van der Waals surface area contributed by atoms with Crippen LogP contribution in [0.4, 0.5) is 0 Å². The van der Waals surface area contributed by atoms with Crippen molar-refractivity contribution < 1.29 is 14.3 Å². The summed E-state index contributed by atoms with van der Waals surface area (Å²) in [5.41, 5.74) is 6.72. The van der Waals surface area contributed by atoms with Gasteiger partial charge < -0.3 is 15.2 Å². The first kappa shape index (κ1) is 11.5. The average Bonchev–Trinajstić information content (AvgIpc) is 2.26. The van der Waals surface area contributed by atoms with Gasteiger partial charge in [-0.2, -0.15) is 0 Å². The Balaban J connectivity index is 2.53. The van der Waals surface area contributed by atoms with E-state index in [1.165, 1.54) is 7.11 Å². The van der Waals surface area contributed by atoms with Gasteiger partial charge in [-0.25, -0.2) is 4.79 Å². The van der Waals surface area contributed by atoms with Gasteiger partial charge in [0.1, 0.15) is 5.75 Å². The number of esters is 1. The maximum Gasteiger partial charge on any atom is 0.343 e. The van der Waals surface area contributed by atoms with Gasteiger partial charge in [0, 0.05) is 6.04 Å². The van der Waals surface area contributed by atoms with Gasteiger partial charge in [-0.1, -0.05) is 12.1 Å². The quantitative estimate of drug-likeness (QED) is 0.758. The average molecular weight is 209 g/mol. The molecule has 0 aliphatic carbocycles. The normalized spacial score (nSPS) is 11.9. The third kappa shape index (κ3) is 3.59. The Labute approximate surface area is 89.0 Å². The Morgan fingerprint density at radius 1 is 1.40 bits per heavy atom. The highest BCUT2D eigenvalue weighted by Crippen LogP contribution is 2.15. The molecule has 0 spiro atoms. The van der Waals surface area contributed by atoms with Gasteiger partial charge in [-0.05, 0) is 24.6 Å². The number of methoxy groups -OCH3 is 1. The molecule has 0 radical (unpaired) electrons. The molecule has 0 aliphatic rings. The lowest BCUT2D eigenvalue weighted by atomic mass is 10.1. The second kappa shape index (κ2) is 5.36. The molecule has 4 heteroatoms. The molecule has 15 heavy (non-hydrogen) atoms. The molecule has 0 bridgehead atoms. The Morgan fingerprint density at radius 2 is 2.00 bits per heavy atom. The third-order valence-corrected chi connectivity index (χ3v) is 1.99. The van der Waals surface area contributed by atoms with E-state index in [2.05, 4.69) is 4.74 Å². The highest BCUT2D eigenvalue weighted by atomic mass is 16.6. The Morgan fingerprint density at radius 3 is 2.47 bits per heavy atom. The van der Waals surface area contributed by atoms with Crippen molar-refractivity contribution in [3.05, 3.63) is 29.8 Å². The lowest BCUT2D eigenvalue weighted by Gasteiger charge is -2.07. The van der Waals surface area contributed by atoms with E-state index in [1.54, 1.807) is 12.1 Å². The van der Waals surface area contributed by atoms with Crippen molar-refractivity contribution in [1.82, 2.24) is 0 Å². The van der Waals surface area contributed by atoms with Crippen LogP contribution in [-0.2, 0) is 9.53 Å².